The lowest BCUT2D eigenvalue weighted by Gasteiger charge is -2.13. The summed E-state index contributed by atoms with van der Waals surface area (Å²) in [5, 5.41) is 6.39. The highest BCUT2D eigenvalue weighted by Crippen LogP contribution is 2.19. The fourth-order valence-electron chi connectivity index (χ4n) is 1.48. The highest BCUT2D eigenvalue weighted by atomic mass is 79.9. The Bertz CT molecular complexity index is 427. The number of hydrogen-bond donors (Lipinski definition) is 1. The van der Waals surface area contributed by atoms with Gasteiger partial charge in [0.1, 0.15) is 0 Å². The van der Waals surface area contributed by atoms with Crippen molar-refractivity contribution >= 4 is 27.3 Å². The van der Waals surface area contributed by atoms with Gasteiger partial charge in [0.05, 0.1) is 16.7 Å². The minimum atomic E-state index is 0.222. The molecule has 0 amide bonds. The average Bonchev–Trinajstić information content (AvgIpc) is 2.80. The molecule has 1 N–H and O–H groups in total. The number of aromatic nitrogens is 2. The molecular formula is C11H12BrN3S. The Morgan fingerprint density at radius 1 is 1.44 bits per heavy atom. The molecule has 0 saturated heterocycles. The molecule has 84 valence electrons. The number of likely N-dealkylation sites (N-methyl/N-ethyl adjacent to an activating group) is 1. The molecular weight excluding hydrogens is 286 g/mol. The van der Waals surface area contributed by atoms with E-state index in [4.69, 9.17) is 0 Å². The molecule has 0 fully saturated rings. The Morgan fingerprint density at radius 2 is 2.31 bits per heavy atom. The van der Waals surface area contributed by atoms with E-state index in [0.29, 0.717) is 0 Å². The van der Waals surface area contributed by atoms with Crippen LogP contribution >= 0.6 is 27.3 Å². The summed E-state index contributed by atoms with van der Waals surface area (Å²) in [6.07, 6.45) is 4.53. The lowest BCUT2D eigenvalue weighted by Crippen LogP contribution is -2.19. The van der Waals surface area contributed by atoms with Crippen molar-refractivity contribution in [2.24, 2.45) is 0 Å². The summed E-state index contributed by atoms with van der Waals surface area (Å²) in [4.78, 5) is 8.69. The van der Waals surface area contributed by atoms with Gasteiger partial charge in [-0.1, -0.05) is 0 Å². The van der Waals surface area contributed by atoms with E-state index in [0.717, 1.165) is 21.6 Å². The summed E-state index contributed by atoms with van der Waals surface area (Å²) >= 11 is 5.06. The van der Waals surface area contributed by atoms with Crippen LogP contribution in [-0.4, -0.2) is 17.0 Å². The number of hydrogen-bond acceptors (Lipinski definition) is 4. The van der Waals surface area contributed by atoms with Gasteiger partial charge in [-0.2, -0.15) is 0 Å². The van der Waals surface area contributed by atoms with Crippen LogP contribution in [0.2, 0.25) is 0 Å². The normalized spacial score (nSPS) is 12.6. The molecule has 0 aromatic carbocycles. The zero-order valence-corrected chi connectivity index (χ0v) is 11.3. The van der Waals surface area contributed by atoms with Gasteiger partial charge in [-0.15, -0.1) is 11.3 Å². The van der Waals surface area contributed by atoms with Crippen LogP contribution in [0.4, 0.5) is 0 Å². The van der Waals surface area contributed by atoms with Crippen molar-refractivity contribution in [3.05, 3.63) is 45.1 Å². The Balaban J connectivity index is 2.13. The van der Waals surface area contributed by atoms with E-state index in [1.165, 1.54) is 0 Å². The van der Waals surface area contributed by atoms with Crippen LogP contribution in [0.5, 0.6) is 0 Å². The monoisotopic (exact) mass is 297 g/mol. The summed E-state index contributed by atoms with van der Waals surface area (Å²) in [7, 11) is 1.95. The van der Waals surface area contributed by atoms with Crippen molar-refractivity contribution in [3.8, 4) is 0 Å². The maximum absolute atomic E-state index is 4.40. The molecule has 16 heavy (non-hydrogen) atoms. The van der Waals surface area contributed by atoms with E-state index in [1.54, 1.807) is 11.3 Å². The van der Waals surface area contributed by atoms with Crippen molar-refractivity contribution in [2.45, 2.75) is 12.5 Å². The smallest absolute Gasteiger partial charge is 0.0944 e. The van der Waals surface area contributed by atoms with Crippen LogP contribution in [0, 0.1) is 0 Å². The highest BCUT2D eigenvalue weighted by molar-refractivity contribution is 9.10. The van der Waals surface area contributed by atoms with Gasteiger partial charge in [0, 0.05) is 28.7 Å². The van der Waals surface area contributed by atoms with E-state index in [9.17, 15) is 0 Å². The molecule has 2 rings (SSSR count). The lowest BCUT2D eigenvalue weighted by atomic mass is 10.1. The summed E-state index contributed by atoms with van der Waals surface area (Å²) in [6.45, 7) is 0. The van der Waals surface area contributed by atoms with Gasteiger partial charge in [0.2, 0.25) is 0 Å². The first-order chi connectivity index (χ1) is 7.79. The summed E-state index contributed by atoms with van der Waals surface area (Å²) in [5.41, 5.74) is 1.04. The minimum absolute atomic E-state index is 0.222. The summed E-state index contributed by atoms with van der Waals surface area (Å²) in [5.74, 6) is 0. The molecule has 3 nitrogen and oxygen atoms in total. The number of nitrogens with zero attached hydrogens (tertiary/aromatic N) is 2. The fourth-order valence-corrected chi connectivity index (χ4v) is 2.37. The SMILES string of the molecule is CNC(Cc1nccs1)c1ccc(Br)cn1. The van der Waals surface area contributed by atoms with E-state index in [2.05, 4.69) is 31.2 Å². The maximum Gasteiger partial charge on any atom is 0.0944 e. The molecule has 5 heteroatoms. The second kappa shape index (κ2) is 5.52. The number of rotatable bonds is 4. The van der Waals surface area contributed by atoms with E-state index in [1.807, 2.05) is 37.0 Å². The zero-order chi connectivity index (χ0) is 11.4. The first-order valence-electron chi connectivity index (χ1n) is 4.96. The predicted octanol–water partition coefficient (Wildman–Crippen LogP) is 2.80. The molecule has 2 aromatic rings. The third-order valence-corrected chi connectivity index (χ3v) is 3.59. The van der Waals surface area contributed by atoms with Gasteiger partial charge in [0.25, 0.3) is 0 Å². The van der Waals surface area contributed by atoms with Crippen LogP contribution in [0.15, 0.2) is 34.4 Å². The third-order valence-electron chi connectivity index (χ3n) is 2.32. The molecule has 0 aliphatic rings. The number of pyridine rings is 1. The largest absolute Gasteiger partial charge is 0.311 e. The van der Waals surface area contributed by atoms with Crippen LogP contribution in [-0.2, 0) is 6.42 Å². The number of nitrogens with one attached hydrogen (secondary N) is 1. The first-order valence-corrected chi connectivity index (χ1v) is 6.64. The number of thiazole rings is 1. The Kier molecular flexibility index (Phi) is 4.04. The second-order valence-electron chi connectivity index (χ2n) is 3.37. The molecule has 0 aliphatic heterocycles. The van der Waals surface area contributed by atoms with Gasteiger partial charge in [-0.3, -0.25) is 4.98 Å². The van der Waals surface area contributed by atoms with Crippen LogP contribution in [0.25, 0.3) is 0 Å². The zero-order valence-electron chi connectivity index (χ0n) is 8.85. The van der Waals surface area contributed by atoms with Crippen molar-refractivity contribution in [2.75, 3.05) is 7.05 Å². The van der Waals surface area contributed by atoms with Crippen molar-refractivity contribution in [1.29, 1.82) is 0 Å². The maximum atomic E-state index is 4.40. The second-order valence-corrected chi connectivity index (χ2v) is 5.27. The molecule has 2 heterocycles. The first kappa shape index (κ1) is 11.7. The molecule has 2 aromatic heterocycles. The highest BCUT2D eigenvalue weighted by Gasteiger charge is 2.12. The molecule has 0 saturated carbocycles. The molecule has 1 unspecified atom stereocenters. The van der Waals surface area contributed by atoms with E-state index >= 15 is 0 Å². The van der Waals surface area contributed by atoms with E-state index in [-0.39, 0.29) is 6.04 Å². The number of halogens is 1. The van der Waals surface area contributed by atoms with Crippen molar-refractivity contribution in [3.63, 3.8) is 0 Å². The molecule has 0 spiro atoms. The molecule has 0 bridgehead atoms. The Morgan fingerprint density at radius 3 is 2.88 bits per heavy atom. The topological polar surface area (TPSA) is 37.8 Å². The quantitative estimate of drug-likeness (QED) is 0.943. The van der Waals surface area contributed by atoms with Crippen molar-refractivity contribution < 1.29 is 0 Å². The van der Waals surface area contributed by atoms with Gasteiger partial charge >= 0.3 is 0 Å². The molecule has 0 radical (unpaired) electrons. The summed E-state index contributed by atoms with van der Waals surface area (Å²) in [6, 6.07) is 4.26. The van der Waals surface area contributed by atoms with Gasteiger partial charge in [0.15, 0.2) is 0 Å². The fraction of sp³-hybridized carbons (Fsp3) is 0.273. The van der Waals surface area contributed by atoms with Crippen LogP contribution in [0.3, 0.4) is 0 Å². The average molecular weight is 298 g/mol. The lowest BCUT2D eigenvalue weighted by molar-refractivity contribution is 0.574. The van der Waals surface area contributed by atoms with Gasteiger partial charge < -0.3 is 5.32 Å². The Hall–Kier alpha value is -0.780. The van der Waals surface area contributed by atoms with Crippen LogP contribution < -0.4 is 5.32 Å². The van der Waals surface area contributed by atoms with Gasteiger partial charge in [-0.25, -0.2) is 4.98 Å². The third kappa shape index (κ3) is 2.87. The van der Waals surface area contributed by atoms with E-state index < -0.39 is 0 Å². The summed E-state index contributed by atoms with van der Waals surface area (Å²) < 4.78 is 1.00. The minimum Gasteiger partial charge on any atom is -0.311 e. The Labute approximate surface area is 107 Å². The standard InChI is InChI=1S/C11H12BrN3S/c1-13-10(6-11-14-4-5-16-11)9-3-2-8(12)7-15-9/h2-5,7,10,13H,6H2,1H3. The molecule has 0 aliphatic carbocycles. The molecule has 1 atom stereocenters. The predicted molar refractivity (Wildman–Crippen MR) is 69.6 cm³/mol. The van der Waals surface area contributed by atoms with Crippen LogP contribution in [0.1, 0.15) is 16.7 Å². The van der Waals surface area contributed by atoms with Crippen molar-refractivity contribution in [1.82, 2.24) is 15.3 Å². The van der Waals surface area contributed by atoms with Gasteiger partial charge in [-0.05, 0) is 35.1 Å².